The summed E-state index contributed by atoms with van der Waals surface area (Å²) >= 11 is 5.91. The third-order valence-electron chi connectivity index (χ3n) is 10.1. The zero-order chi connectivity index (χ0) is 30.8. The van der Waals surface area contributed by atoms with Crippen molar-refractivity contribution in [1.82, 2.24) is 4.90 Å². The van der Waals surface area contributed by atoms with Gasteiger partial charge in [-0.1, -0.05) is 25.4 Å². The summed E-state index contributed by atoms with van der Waals surface area (Å²) in [7, 11) is 0. The number of hydrogen-bond donors (Lipinski definition) is 1. The first-order chi connectivity index (χ1) is 19.4. The van der Waals surface area contributed by atoms with E-state index < -0.39 is 35.1 Å². The van der Waals surface area contributed by atoms with Crippen LogP contribution in [-0.4, -0.2) is 41.2 Å². The molecule has 6 atom stereocenters. The van der Waals surface area contributed by atoms with Crippen LogP contribution in [0.15, 0.2) is 30.0 Å². The standard InChI is InChI=1S/C31H38ClF3N2O5/c1-28(2,3)42-27(40)37-16-19-20-7-8-22(26(39)36-23-9-6-17(32)14-24(23)41-31(33,34)35)29(20,4)13-11-21(19)30(5)12-10-18(38)15-25(30)37/h6,9,14-15,19-22H,7-8,10-13,16H2,1-5H3,(H,36,39)/t19?,20?,21?,22?,29-,30+/m0/s1. The molecule has 42 heavy (non-hydrogen) atoms. The second-order valence-corrected chi connectivity index (χ2v) is 14.2. The average molecular weight is 611 g/mol. The van der Waals surface area contributed by atoms with Crippen LogP contribution >= 0.6 is 11.6 Å². The van der Waals surface area contributed by atoms with E-state index >= 15 is 0 Å². The lowest BCUT2D eigenvalue weighted by Crippen LogP contribution is -2.59. The third kappa shape index (κ3) is 5.63. The molecule has 3 fully saturated rings. The molecule has 1 saturated heterocycles. The fourth-order valence-corrected chi connectivity index (χ4v) is 8.42. The topological polar surface area (TPSA) is 84.9 Å². The van der Waals surface area contributed by atoms with Gasteiger partial charge in [0.25, 0.3) is 0 Å². The number of ether oxygens (including phenoxy) is 2. The van der Waals surface area contributed by atoms with E-state index in [4.69, 9.17) is 16.3 Å². The molecule has 11 heteroatoms. The van der Waals surface area contributed by atoms with Crippen molar-refractivity contribution in [1.29, 1.82) is 0 Å². The molecule has 1 N–H and O–H groups in total. The molecule has 7 nitrogen and oxygen atoms in total. The number of fused-ring (bicyclic) bond motifs is 5. The molecular weight excluding hydrogens is 573 g/mol. The molecule has 230 valence electrons. The van der Waals surface area contributed by atoms with Gasteiger partial charge in [0.15, 0.2) is 11.5 Å². The SMILES string of the molecule is CC(C)(C)OC(=O)N1CC2C3CCC(C(=O)Nc4ccc(Cl)cc4OC(F)(F)F)[C@@]3(C)CCC2[C@@]2(C)CCC(=O)C=C12. The number of ketones is 1. The molecule has 2 saturated carbocycles. The van der Waals surface area contributed by atoms with Crippen molar-refractivity contribution in [3.63, 3.8) is 0 Å². The maximum Gasteiger partial charge on any atom is 0.573 e. The maximum absolute atomic E-state index is 13.7. The number of anilines is 1. The first-order valence-corrected chi connectivity index (χ1v) is 14.9. The Morgan fingerprint density at radius 1 is 1.07 bits per heavy atom. The van der Waals surface area contributed by atoms with Crippen molar-refractivity contribution in [2.45, 2.75) is 85.1 Å². The minimum Gasteiger partial charge on any atom is -0.443 e. The van der Waals surface area contributed by atoms with Crippen LogP contribution in [0.1, 0.15) is 73.1 Å². The normalized spacial score (nSPS) is 32.7. The summed E-state index contributed by atoms with van der Waals surface area (Å²) in [4.78, 5) is 41.3. The second-order valence-electron chi connectivity index (χ2n) is 13.7. The predicted molar refractivity (Wildman–Crippen MR) is 151 cm³/mol. The number of nitrogens with zero attached hydrogens (tertiary/aromatic N) is 1. The molecule has 0 radical (unpaired) electrons. The fraction of sp³-hybridized carbons (Fsp3) is 0.645. The third-order valence-corrected chi connectivity index (χ3v) is 10.3. The van der Waals surface area contributed by atoms with E-state index in [0.29, 0.717) is 25.8 Å². The number of likely N-dealkylation sites (tertiary alicyclic amines) is 1. The minimum atomic E-state index is -4.94. The van der Waals surface area contributed by atoms with E-state index in [-0.39, 0.29) is 45.6 Å². The van der Waals surface area contributed by atoms with Crippen LogP contribution in [0, 0.1) is 34.5 Å². The molecular formula is C31H38ClF3N2O5. The Morgan fingerprint density at radius 3 is 2.45 bits per heavy atom. The Balaban J connectivity index is 1.42. The highest BCUT2D eigenvalue weighted by molar-refractivity contribution is 6.30. The molecule has 4 aliphatic rings. The van der Waals surface area contributed by atoms with Crippen LogP contribution in [0.25, 0.3) is 0 Å². The van der Waals surface area contributed by atoms with Gasteiger partial charge in [0.2, 0.25) is 5.91 Å². The zero-order valence-electron chi connectivity index (χ0n) is 24.6. The molecule has 5 rings (SSSR count). The monoisotopic (exact) mass is 610 g/mol. The summed E-state index contributed by atoms with van der Waals surface area (Å²) < 4.78 is 49.0. The van der Waals surface area contributed by atoms with Gasteiger partial charge in [0, 0.05) is 47.2 Å². The van der Waals surface area contributed by atoms with Crippen LogP contribution in [-0.2, 0) is 14.3 Å². The molecule has 0 aromatic heterocycles. The van der Waals surface area contributed by atoms with Crippen LogP contribution < -0.4 is 10.1 Å². The number of hydrogen-bond acceptors (Lipinski definition) is 5. The highest BCUT2D eigenvalue weighted by Crippen LogP contribution is 2.65. The lowest BCUT2D eigenvalue weighted by Gasteiger charge is -2.60. The molecule has 2 amide bonds. The van der Waals surface area contributed by atoms with Gasteiger partial charge >= 0.3 is 12.5 Å². The van der Waals surface area contributed by atoms with Crippen LogP contribution in [0.5, 0.6) is 5.75 Å². The van der Waals surface area contributed by atoms with Gasteiger partial charge in [0.05, 0.1) is 5.69 Å². The quantitative estimate of drug-likeness (QED) is 0.378. The lowest BCUT2D eigenvalue weighted by molar-refractivity contribution is -0.274. The van der Waals surface area contributed by atoms with Gasteiger partial charge in [-0.2, -0.15) is 0 Å². The summed E-state index contributed by atoms with van der Waals surface area (Å²) in [5.74, 6) is -0.963. The summed E-state index contributed by atoms with van der Waals surface area (Å²) in [5.41, 5.74) is -0.889. The molecule has 0 bridgehead atoms. The Hall–Kier alpha value is -2.75. The highest BCUT2D eigenvalue weighted by Gasteiger charge is 2.62. The second kappa shape index (κ2) is 10.5. The first-order valence-electron chi connectivity index (χ1n) is 14.5. The predicted octanol–water partition coefficient (Wildman–Crippen LogP) is 7.74. The fourth-order valence-electron chi connectivity index (χ4n) is 8.25. The Labute approximate surface area is 249 Å². The average Bonchev–Trinajstić information content (AvgIpc) is 3.21. The van der Waals surface area contributed by atoms with E-state index in [0.717, 1.165) is 31.0 Å². The zero-order valence-corrected chi connectivity index (χ0v) is 25.3. The highest BCUT2D eigenvalue weighted by atomic mass is 35.5. The lowest BCUT2D eigenvalue weighted by atomic mass is 9.49. The molecule has 0 spiro atoms. The Morgan fingerprint density at radius 2 is 1.79 bits per heavy atom. The summed E-state index contributed by atoms with van der Waals surface area (Å²) in [6, 6.07) is 3.74. The van der Waals surface area contributed by atoms with E-state index in [9.17, 15) is 27.6 Å². The maximum atomic E-state index is 13.7. The number of allylic oxidation sites excluding steroid dienone is 2. The number of carbonyl (C=O) groups is 3. The summed E-state index contributed by atoms with van der Waals surface area (Å²) in [6.07, 6.45) is 0.152. The Bertz CT molecular complexity index is 1320. The van der Waals surface area contributed by atoms with Crippen molar-refractivity contribution in [2.24, 2.45) is 34.5 Å². The van der Waals surface area contributed by atoms with Gasteiger partial charge in [0.1, 0.15) is 5.60 Å². The first kappa shape index (κ1) is 30.7. The van der Waals surface area contributed by atoms with E-state index in [1.807, 2.05) is 0 Å². The van der Waals surface area contributed by atoms with E-state index in [1.54, 1.807) is 31.7 Å². The van der Waals surface area contributed by atoms with Crippen molar-refractivity contribution >= 4 is 35.1 Å². The van der Waals surface area contributed by atoms with Gasteiger partial charge in [-0.25, -0.2) is 4.79 Å². The van der Waals surface area contributed by atoms with Gasteiger partial charge < -0.3 is 14.8 Å². The minimum absolute atomic E-state index is 0.00352. The number of nitrogens with one attached hydrogen (secondary N) is 1. The molecule has 4 unspecified atom stereocenters. The van der Waals surface area contributed by atoms with Crippen LogP contribution in [0.3, 0.4) is 0 Å². The van der Waals surface area contributed by atoms with E-state index in [2.05, 4.69) is 23.9 Å². The number of carbonyl (C=O) groups excluding carboxylic acids is 3. The largest absolute Gasteiger partial charge is 0.573 e. The van der Waals surface area contributed by atoms with Gasteiger partial charge in [-0.05, 0) is 88.2 Å². The van der Waals surface area contributed by atoms with Gasteiger partial charge in [-0.3, -0.25) is 14.5 Å². The van der Waals surface area contributed by atoms with Gasteiger partial charge in [-0.15, -0.1) is 13.2 Å². The number of rotatable bonds is 3. The molecule has 3 aliphatic carbocycles. The molecule has 1 aromatic carbocycles. The number of benzene rings is 1. The van der Waals surface area contributed by atoms with Crippen molar-refractivity contribution < 1.29 is 37.0 Å². The smallest absolute Gasteiger partial charge is 0.443 e. The molecule has 1 heterocycles. The van der Waals surface area contributed by atoms with E-state index in [1.165, 1.54) is 12.1 Å². The summed E-state index contributed by atoms with van der Waals surface area (Å²) in [5, 5.41) is 2.74. The summed E-state index contributed by atoms with van der Waals surface area (Å²) in [6.45, 7) is 10.0. The number of piperidine rings is 1. The number of alkyl halides is 3. The van der Waals surface area contributed by atoms with Crippen molar-refractivity contribution in [3.05, 3.63) is 35.0 Å². The number of halogens is 4. The molecule has 1 aliphatic heterocycles. The Kier molecular flexibility index (Phi) is 7.64. The van der Waals surface area contributed by atoms with Crippen LogP contribution in [0.2, 0.25) is 5.02 Å². The molecule has 1 aromatic rings. The van der Waals surface area contributed by atoms with Crippen LogP contribution in [0.4, 0.5) is 23.7 Å². The van der Waals surface area contributed by atoms with Crippen molar-refractivity contribution in [2.75, 3.05) is 11.9 Å². The van der Waals surface area contributed by atoms with Crippen molar-refractivity contribution in [3.8, 4) is 5.75 Å². The number of amides is 2.